The maximum atomic E-state index is 7.24. The van der Waals surface area contributed by atoms with E-state index in [4.69, 9.17) is 5.63 Å². The second kappa shape index (κ2) is 8.79. The van der Waals surface area contributed by atoms with Crippen molar-refractivity contribution in [3.05, 3.63) is 101 Å². The van der Waals surface area contributed by atoms with E-state index < -0.39 is 21.1 Å². The fourth-order valence-electron chi connectivity index (χ4n) is 4.32. The van der Waals surface area contributed by atoms with Gasteiger partial charge in [-0.3, -0.25) is 0 Å². The molecule has 31 heavy (non-hydrogen) atoms. The molecule has 2 nitrogen and oxygen atoms in total. The number of rotatable bonds is 6. The van der Waals surface area contributed by atoms with Gasteiger partial charge in [0.15, 0.2) is 0 Å². The average Bonchev–Trinajstić information content (AvgIpc) is 3.48. The van der Waals surface area contributed by atoms with E-state index in [0.29, 0.717) is 0 Å². The van der Waals surface area contributed by atoms with Gasteiger partial charge in [0.2, 0.25) is 0 Å². The Hall–Kier alpha value is -2.12. The summed E-state index contributed by atoms with van der Waals surface area (Å²) in [6.45, 7) is 12.9. The standard InChI is InChI=1S/2C9H12O.2C5H5.Zr/c2*1-6-4-5-7(2)9(10)8(6)3;2*1-2-4-5-3-1;/h2*4-5,10H,1-3H3;2*1-3H,4H2;/q;;;;+2/p-2. The number of allylic oxidation sites excluding steroid dienone is 8. The molecule has 0 saturated carbocycles. The normalized spacial score (nSPS) is 15.3. The summed E-state index contributed by atoms with van der Waals surface area (Å²) in [4.78, 5) is 0. The Labute approximate surface area is 192 Å². The van der Waals surface area contributed by atoms with Crippen LogP contribution in [0.4, 0.5) is 0 Å². The van der Waals surface area contributed by atoms with E-state index in [1.807, 2.05) is 0 Å². The van der Waals surface area contributed by atoms with Gasteiger partial charge in [-0.05, 0) is 0 Å². The van der Waals surface area contributed by atoms with E-state index in [0.717, 1.165) is 24.3 Å². The predicted octanol–water partition coefficient (Wildman–Crippen LogP) is 7.67. The number of benzene rings is 2. The number of hydrogen-bond donors (Lipinski definition) is 0. The van der Waals surface area contributed by atoms with Crippen LogP contribution in [0.3, 0.4) is 0 Å². The topological polar surface area (TPSA) is 18.5 Å². The van der Waals surface area contributed by atoms with E-state index in [-0.39, 0.29) is 0 Å². The minimum absolute atomic E-state index is 0.904. The maximum absolute atomic E-state index is 7.24. The summed E-state index contributed by atoms with van der Waals surface area (Å²) in [5, 5.41) is 0. The summed E-state index contributed by atoms with van der Waals surface area (Å²) < 4.78 is 17.2. The summed E-state index contributed by atoms with van der Waals surface area (Å²) >= 11 is -4.01. The third-order valence-corrected chi connectivity index (χ3v) is 15.0. The van der Waals surface area contributed by atoms with Crippen LogP contribution in [-0.4, -0.2) is 0 Å². The van der Waals surface area contributed by atoms with Crippen LogP contribution in [0.1, 0.15) is 46.2 Å². The van der Waals surface area contributed by atoms with Crippen molar-refractivity contribution in [1.29, 1.82) is 0 Å². The molecule has 0 fully saturated rings. The first-order valence-electron chi connectivity index (χ1n) is 11.1. The first-order valence-corrected chi connectivity index (χ1v) is 15.5. The third-order valence-electron chi connectivity index (χ3n) is 6.63. The fourth-order valence-corrected chi connectivity index (χ4v) is 13.1. The molecule has 0 radical (unpaired) electrons. The van der Waals surface area contributed by atoms with Crippen molar-refractivity contribution in [2.75, 3.05) is 0 Å². The molecule has 2 aromatic carbocycles. The first kappa shape index (κ1) is 22.1. The zero-order valence-electron chi connectivity index (χ0n) is 19.5. The predicted molar refractivity (Wildman–Crippen MR) is 126 cm³/mol. The van der Waals surface area contributed by atoms with Crippen LogP contribution >= 0.6 is 0 Å². The minimum atomic E-state index is -4.01. The molecule has 3 heteroatoms. The van der Waals surface area contributed by atoms with Gasteiger partial charge in [-0.15, -0.1) is 0 Å². The van der Waals surface area contributed by atoms with Gasteiger partial charge in [0, 0.05) is 0 Å². The molecule has 160 valence electrons. The Morgan fingerprint density at radius 3 is 1.32 bits per heavy atom. The van der Waals surface area contributed by atoms with Crippen LogP contribution in [0.2, 0.25) is 0 Å². The van der Waals surface area contributed by atoms with Crippen LogP contribution in [0, 0.1) is 41.5 Å². The molecule has 0 aromatic heterocycles. The fraction of sp³-hybridized carbons (Fsp3) is 0.286. The summed E-state index contributed by atoms with van der Waals surface area (Å²) in [5.74, 6) is 2.00. The molecule has 0 N–H and O–H groups in total. The Bertz CT molecular complexity index is 1060. The van der Waals surface area contributed by atoms with Gasteiger partial charge in [0.1, 0.15) is 0 Å². The molecule has 0 atom stereocenters. The SMILES string of the molecule is Cc1ccc(C)c([O][Zr]([O]c2c(C)ccc(C)c2C)([C]2=CC=CC2)[C]2=CC=CC2)c1C. The second-order valence-corrected chi connectivity index (χ2v) is 16.0. The first-order chi connectivity index (χ1) is 14.8. The van der Waals surface area contributed by atoms with E-state index in [2.05, 4.69) is 102 Å². The molecular weight excluding hydrogens is 460 g/mol. The molecule has 0 heterocycles. The molecule has 0 saturated heterocycles. The molecular formula is C28H32O2Zr. The van der Waals surface area contributed by atoms with Gasteiger partial charge in [0.25, 0.3) is 0 Å². The van der Waals surface area contributed by atoms with Crippen LogP contribution in [-0.2, 0) is 21.1 Å². The zero-order chi connectivity index (χ0) is 22.2. The Morgan fingerprint density at radius 2 is 0.968 bits per heavy atom. The van der Waals surface area contributed by atoms with Gasteiger partial charge in [-0.2, -0.15) is 0 Å². The van der Waals surface area contributed by atoms with Crippen LogP contribution in [0.25, 0.3) is 0 Å². The van der Waals surface area contributed by atoms with Crippen molar-refractivity contribution in [2.24, 2.45) is 0 Å². The van der Waals surface area contributed by atoms with Crippen molar-refractivity contribution >= 4 is 0 Å². The zero-order valence-corrected chi connectivity index (χ0v) is 22.0. The Kier molecular flexibility index (Phi) is 6.26. The van der Waals surface area contributed by atoms with Gasteiger partial charge in [-0.1, -0.05) is 0 Å². The van der Waals surface area contributed by atoms with Crippen LogP contribution < -0.4 is 5.63 Å². The summed E-state index contributed by atoms with van der Waals surface area (Å²) in [6, 6.07) is 8.69. The third kappa shape index (κ3) is 4.05. The van der Waals surface area contributed by atoms with Crippen molar-refractivity contribution in [3.8, 4) is 11.5 Å². The molecule has 4 rings (SSSR count). The van der Waals surface area contributed by atoms with Crippen LogP contribution in [0.5, 0.6) is 11.5 Å². The molecule has 0 amide bonds. The van der Waals surface area contributed by atoms with Crippen molar-refractivity contribution in [2.45, 2.75) is 54.4 Å². The van der Waals surface area contributed by atoms with Gasteiger partial charge in [0.05, 0.1) is 0 Å². The Balaban J connectivity index is 1.93. The monoisotopic (exact) mass is 490 g/mol. The molecule has 0 unspecified atom stereocenters. The average molecular weight is 492 g/mol. The molecule has 0 aliphatic heterocycles. The van der Waals surface area contributed by atoms with Gasteiger partial charge < -0.3 is 0 Å². The number of hydrogen-bond acceptors (Lipinski definition) is 2. The molecule has 2 aliphatic rings. The second-order valence-electron chi connectivity index (χ2n) is 8.78. The van der Waals surface area contributed by atoms with E-state index in [1.54, 1.807) is 0 Å². The van der Waals surface area contributed by atoms with Crippen molar-refractivity contribution in [1.82, 2.24) is 0 Å². The van der Waals surface area contributed by atoms with Crippen molar-refractivity contribution < 1.29 is 26.8 Å². The number of aryl methyl sites for hydroxylation is 4. The molecule has 2 aliphatic carbocycles. The van der Waals surface area contributed by atoms with E-state index in [1.165, 1.54) is 39.9 Å². The summed E-state index contributed by atoms with van der Waals surface area (Å²) in [6.07, 6.45) is 15.1. The van der Waals surface area contributed by atoms with Crippen LogP contribution in [0.15, 0.2) is 67.3 Å². The molecule has 0 bridgehead atoms. The molecule has 2 aromatic rings. The Morgan fingerprint density at radius 1 is 0.581 bits per heavy atom. The van der Waals surface area contributed by atoms with Gasteiger partial charge >= 0.3 is 193 Å². The molecule has 0 spiro atoms. The van der Waals surface area contributed by atoms with Crippen molar-refractivity contribution in [3.63, 3.8) is 0 Å². The summed E-state index contributed by atoms with van der Waals surface area (Å²) in [5.41, 5.74) is 7.26. The quantitative estimate of drug-likeness (QED) is 0.413. The summed E-state index contributed by atoms with van der Waals surface area (Å²) in [7, 11) is 0. The van der Waals surface area contributed by atoms with Gasteiger partial charge in [-0.25, -0.2) is 0 Å². The van der Waals surface area contributed by atoms with E-state index >= 15 is 0 Å². The van der Waals surface area contributed by atoms with E-state index in [9.17, 15) is 0 Å².